The summed E-state index contributed by atoms with van der Waals surface area (Å²) in [7, 11) is 0. The number of carboxylic acid groups (broad SMARTS) is 3. The Kier molecular flexibility index (Phi) is 6.21. The van der Waals surface area contributed by atoms with Gasteiger partial charge in [0.05, 0.1) is 0 Å². The number of hydrogen-bond donors (Lipinski definition) is 3. The van der Waals surface area contributed by atoms with Crippen LogP contribution in [-0.2, 0) is 14.4 Å². The first-order valence-corrected chi connectivity index (χ1v) is 7.10. The Balaban J connectivity index is 4.28. The monoisotopic (exact) mass is 381 g/mol. The maximum Gasteiger partial charge on any atom is 0.338 e. The molecule has 0 bridgehead atoms. The molecule has 3 unspecified atom stereocenters. The lowest BCUT2D eigenvalue weighted by atomic mass is 10.2. The van der Waals surface area contributed by atoms with Gasteiger partial charge in [-0.25, -0.2) is 42.5 Å². The van der Waals surface area contributed by atoms with E-state index in [0.29, 0.717) is 18.2 Å². The quantitative estimate of drug-likeness (QED) is 0.434. The Morgan fingerprint density at radius 1 is 0.630 bits per heavy atom. The Hall–Kier alpha value is -3.96. The van der Waals surface area contributed by atoms with Crippen LogP contribution in [0.15, 0.2) is 52.3 Å². The smallest absolute Gasteiger partial charge is 0.338 e. The van der Waals surface area contributed by atoms with Crippen LogP contribution in [0.4, 0.5) is 0 Å². The molecule has 0 aliphatic rings. The van der Waals surface area contributed by atoms with Crippen LogP contribution in [0.2, 0.25) is 0 Å². The highest BCUT2D eigenvalue weighted by molar-refractivity contribution is 5.75. The molecule has 3 atom stereocenters. The van der Waals surface area contributed by atoms with Gasteiger partial charge in [-0.15, -0.1) is 19.7 Å². The predicted octanol–water partition coefficient (Wildman–Crippen LogP) is -1.39. The van der Waals surface area contributed by atoms with Gasteiger partial charge < -0.3 is 15.3 Å². The van der Waals surface area contributed by atoms with Crippen LogP contribution in [0.5, 0.6) is 0 Å². The third-order valence-electron chi connectivity index (χ3n) is 3.50. The first kappa shape index (κ1) is 21.1. The van der Waals surface area contributed by atoms with E-state index >= 15 is 0 Å². The molecule has 1 aromatic heterocycles. The van der Waals surface area contributed by atoms with Crippen LogP contribution < -0.4 is 17.1 Å². The molecule has 0 aliphatic carbocycles. The fourth-order valence-electron chi connectivity index (χ4n) is 2.26. The SMILES string of the molecule is C=CC(C(=O)O)n1c(=O)n(C(C=C)C(=O)O)c(=O)n(C(C=C)C(=O)O)c1=O. The van der Waals surface area contributed by atoms with Crippen LogP contribution >= 0.6 is 0 Å². The Morgan fingerprint density at radius 3 is 0.926 bits per heavy atom. The Morgan fingerprint density at radius 2 is 0.815 bits per heavy atom. The van der Waals surface area contributed by atoms with Crippen molar-refractivity contribution in [2.75, 3.05) is 0 Å². The van der Waals surface area contributed by atoms with Crippen molar-refractivity contribution in [1.82, 2.24) is 13.7 Å². The van der Waals surface area contributed by atoms with Crippen molar-refractivity contribution in [3.8, 4) is 0 Å². The number of carboxylic acids is 3. The van der Waals surface area contributed by atoms with E-state index in [9.17, 15) is 44.1 Å². The number of aliphatic carboxylic acids is 3. The molecule has 0 aromatic carbocycles. The first-order valence-electron chi connectivity index (χ1n) is 7.10. The average Bonchev–Trinajstić information content (AvgIpc) is 2.57. The molecular formula is C15H15N3O9. The molecule has 0 radical (unpaired) electrons. The van der Waals surface area contributed by atoms with E-state index in [1.54, 1.807) is 0 Å². The summed E-state index contributed by atoms with van der Waals surface area (Å²) in [5.41, 5.74) is -4.77. The van der Waals surface area contributed by atoms with E-state index in [1.807, 2.05) is 0 Å². The van der Waals surface area contributed by atoms with Crippen LogP contribution in [0, 0.1) is 0 Å². The molecule has 0 saturated heterocycles. The number of nitrogens with zero attached hydrogens (tertiary/aromatic N) is 3. The maximum absolute atomic E-state index is 12.6. The molecular weight excluding hydrogens is 366 g/mol. The Labute approximate surface area is 149 Å². The van der Waals surface area contributed by atoms with Gasteiger partial charge in [0.15, 0.2) is 18.1 Å². The largest absolute Gasteiger partial charge is 0.479 e. The standard InChI is InChI=1S/C15H15N3O9/c1-4-7(10(19)20)16-13(25)17(8(5-2)11(21)22)15(27)18(14(16)26)9(6-3)12(23)24/h4-9H,1-3H2,(H,19,20)(H,21,22)(H,23,24). The summed E-state index contributed by atoms with van der Waals surface area (Å²) in [6.07, 6.45) is 2.03. The highest BCUT2D eigenvalue weighted by Crippen LogP contribution is 2.07. The zero-order valence-electron chi connectivity index (χ0n) is 13.7. The molecule has 0 fully saturated rings. The van der Waals surface area contributed by atoms with Crippen molar-refractivity contribution in [1.29, 1.82) is 0 Å². The third kappa shape index (κ3) is 3.53. The normalized spacial score (nSPS) is 13.8. The molecule has 1 heterocycles. The molecule has 0 aliphatic heterocycles. The molecule has 144 valence electrons. The van der Waals surface area contributed by atoms with Crippen molar-refractivity contribution < 1.29 is 29.7 Å². The molecule has 12 heteroatoms. The second-order valence-corrected chi connectivity index (χ2v) is 5.01. The zero-order valence-corrected chi connectivity index (χ0v) is 13.7. The molecule has 0 saturated carbocycles. The van der Waals surface area contributed by atoms with Crippen molar-refractivity contribution >= 4 is 17.9 Å². The van der Waals surface area contributed by atoms with Crippen molar-refractivity contribution in [2.45, 2.75) is 18.1 Å². The summed E-state index contributed by atoms with van der Waals surface area (Å²) < 4.78 is 0.0286. The topological polar surface area (TPSA) is 178 Å². The van der Waals surface area contributed by atoms with Crippen LogP contribution in [0.3, 0.4) is 0 Å². The van der Waals surface area contributed by atoms with Crippen LogP contribution in [0.25, 0.3) is 0 Å². The van der Waals surface area contributed by atoms with E-state index < -0.39 is 53.1 Å². The lowest BCUT2D eigenvalue weighted by Gasteiger charge is -2.20. The summed E-state index contributed by atoms with van der Waals surface area (Å²) in [6, 6.07) is -6.00. The maximum atomic E-state index is 12.6. The number of carbonyl (C=O) groups is 3. The summed E-state index contributed by atoms with van der Waals surface area (Å²) in [5.74, 6) is -5.18. The number of rotatable bonds is 9. The highest BCUT2D eigenvalue weighted by atomic mass is 16.4. The van der Waals surface area contributed by atoms with Gasteiger partial charge in [0.25, 0.3) is 0 Å². The highest BCUT2D eigenvalue weighted by Gasteiger charge is 2.32. The van der Waals surface area contributed by atoms with Crippen molar-refractivity contribution in [3.05, 3.63) is 69.4 Å². The van der Waals surface area contributed by atoms with Gasteiger partial charge in [-0.1, -0.05) is 18.2 Å². The fraction of sp³-hybridized carbons (Fsp3) is 0.200. The van der Waals surface area contributed by atoms with Gasteiger partial charge in [0.1, 0.15) is 0 Å². The second-order valence-electron chi connectivity index (χ2n) is 5.01. The molecule has 12 nitrogen and oxygen atoms in total. The summed E-state index contributed by atoms with van der Waals surface area (Å²) in [5, 5.41) is 27.6. The minimum absolute atomic E-state index is 0.00954. The minimum atomic E-state index is -2.00. The average molecular weight is 381 g/mol. The van der Waals surface area contributed by atoms with Gasteiger partial charge in [-0.3, -0.25) is 0 Å². The number of aromatic nitrogens is 3. The molecule has 3 N–H and O–H groups in total. The molecule has 0 spiro atoms. The first-order chi connectivity index (χ1) is 12.5. The van der Waals surface area contributed by atoms with Crippen LogP contribution in [0.1, 0.15) is 18.1 Å². The minimum Gasteiger partial charge on any atom is -0.479 e. The van der Waals surface area contributed by atoms with Crippen molar-refractivity contribution in [3.63, 3.8) is 0 Å². The molecule has 27 heavy (non-hydrogen) atoms. The molecule has 0 amide bonds. The van der Waals surface area contributed by atoms with Gasteiger partial charge in [-0.2, -0.15) is 0 Å². The lowest BCUT2D eigenvalue weighted by molar-refractivity contribution is -0.139. The van der Waals surface area contributed by atoms with Gasteiger partial charge in [0.2, 0.25) is 0 Å². The van der Waals surface area contributed by atoms with E-state index in [0.717, 1.165) is 0 Å². The van der Waals surface area contributed by atoms with E-state index in [-0.39, 0.29) is 13.7 Å². The summed E-state index contributed by atoms with van der Waals surface area (Å²) >= 11 is 0. The van der Waals surface area contributed by atoms with Gasteiger partial charge in [-0.05, 0) is 0 Å². The number of hydrogen-bond acceptors (Lipinski definition) is 6. The third-order valence-corrected chi connectivity index (χ3v) is 3.50. The molecule has 1 aromatic rings. The summed E-state index contributed by atoms with van der Waals surface area (Å²) in [4.78, 5) is 71.8. The van der Waals surface area contributed by atoms with Crippen LogP contribution in [-0.4, -0.2) is 46.9 Å². The predicted molar refractivity (Wildman–Crippen MR) is 89.8 cm³/mol. The van der Waals surface area contributed by atoms with E-state index in [4.69, 9.17) is 0 Å². The fourth-order valence-corrected chi connectivity index (χ4v) is 2.26. The van der Waals surface area contributed by atoms with E-state index in [2.05, 4.69) is 19.7 Å². The van der Waals surface area contributed by atoms with Crippen molar-refractivity contribution in [2.24, 2.45) is 0 Å². The second kappa shape index (κ2) is 7.95. The van der Waals surface area contributed by atoms with Gasteiger partial charge in [0, 0.05) is 0 Å². The van der Waals surface area contributed by atoms with Gasteiger partial charge >= 0.3 is 35.0 Å². The Bertz CT molecular complexity index is 852. The van der Waals surface area contributed by atoms with E-state index in [1.165, 1.54) is 0 Å². The molecule has 1 rings (SSSR count). The summed E-state index contributed by atoms with van der Waals surface area (Å²) in [6.45, 7) is 9.52. The lowest BCUT2D eigenvalue weighted by Crippen LogP contribution is -2.59. The zero-order chi connectivity index (χ0) is 21.0.